The molecule has 9 nitrogen and oxygen atoms in total. The maximum atomic E-state index is 13.5. The van der Waals surface area contributed by atoms with Crippen molar-refractivity contribution in [2.45, 2.75) is 59.1 Å². The van der Waals surface area contributed by atoms with Crippen LogP contribution in [-0.4, -0.2) is 42.9 Å². The molecule has 1 aliphatic rings. The lowest BCUT2D eigenvalue weighted by Crippen LogP contribution is -2.43. The molecule has 2 aromatic heterocycles. The highest BCUT2D eigenvalue weighted by molar-refractivity contribution is 6.01. The summed E-state index contributed by atoms with van der Waals surface area (Å²) in [7, 11) is 0. The monoisotopic (exact) mass is 491 g/mol. The van der Waals surface area contributed by atoms with Crippen LogP contribution in [0.2, 0.25) is 0 Å². The number of benzene rings is 1. The SMILES string of the molecule is CC(C)N(c1nn(-c2ccc(-c3cnc(N)c(CO)c3)cc2)cc1C(=O)O)C(=O)[C@H]1CC[C@H](C)CC1. The molecule has 0 atom stereocenters. The van der Waals surface area contributed by atoms with Crippen molar-refractivity contribution in [3.05, 3.63) is 53.9 Å². The van der Waals surface area contributed by atoms with Crippen LogP contribution >= 0.6 is 0 Å². The summed E-state index contributed by atoms with van der Waals surface area (Å²) in [6.45, 7) is 5.75. The number of nitrogens with two attached hydrogens (primary N) is 1. The van der Waals surface area contributed by atoms with Crippen molar-refractivity contribution in [2.75, 3.05) is 10.6 Å². The number of nitrogens with zero attached hydrogens (tertiary/aromatic N) is 4. The maximum absolute atomic E-state index is 13.5. The standard InChI is InChI=1S/C27H33N5O4/c1-16(2)32(26(34)19-6-4-17(3)5-7-19)25-23(27(35)36)14-31(30-25)22-10-8-18(9-11-22)20-12-21(15-33)24(28)29-13-20/h8-14,16-17,19,33H,4-7,15H2,1-3H3,(H2,28,29)(H,35,36)/t17-,19-. The Morgan fingerprint density at radius 1 is 1.14 bits per heavy atom. The zero-order chi connectivity index (χ0) is 26.0. The topological polar surface area (TPSA) is 135 Å². The van der Waals surface area contributed by atoms with E-state index in [4.69, 9.17) is 5.73 Å². The number of carbonyl (C=O) groups excluding carboxylic acids is 1. The molecule has 0 unspecified atom stereocenters. The highest BCUT2D eigenvalue weighted by atomic mass is 16.4. The molecular weight excluding hydrogens is 458 g/mol. The van der Waals surface area contributed by atoms with E-state index in [2.05, 4.69) is 17.0 Å². The molecule has 0 spiro atoms. The van der Waals surface area contributed by atoms with E-state index in [1.165, 1.54) is 10.9 Å². The first-order valence-electron chi connectivity index (χ1n) is 12.3. The highest BCUT2D eigenvalue weighted by Crippen LogP contribution is 2.33. The number of pyridine rings is 1. The number of carbonyl (C=O) groups is 2. The van der Waals surface area contributed by atoms with Crippen LogP contribution in [0, 0.1) is 11.8 Å². The van der Waals surface area contributed by atoms with Crippen molar-refractivity contribution in [3.8, 4) is 16.8 Å². The van der Waals surface area contributed by atoms with Crippen LogP contribution in [0.15, 0.2) is 42.7 Å². The summed E-state index contributed by atoms with van der Waals surface area (Å²) in [5.41, 5.74) is 8.62. The van der Waals surface area contributed by atoms with E-state index in [1.54, 1.807) is 17.2 Å². The second-order valence-electron chi connectivity index (χ2n) is 9.85. The van der Waals surface area contributed by atoms with Gasteiger partial charge < -0.3 is 15.9 Å². The average molecular weight is 492 g/mol. The molecule has 190 valence electrons. The van der Waals surface area contributed by atoms with Gasteiger partial charge in [-0.1, -0.05) is 19.1 Å². The number of aromatic carboxylic acids is 1. The average Bonchev–Trinajstić information content (AvgIpc) is 3.30. The fourth-order valence-electron chi connectivity index (χ4n) is 4.75. The van der Waals surface area contributed by atoms with Crippen molar-refractivity contribution >= 4 is 23.5 Å². The van der Waals surface area contributed by atoms with Gasteiger partial charge >= 0.3 is 5.97 Å². The Labute approximate surface area is 210 Å². The van der Waals surface area contributed by atoms with E-state index in [-0.39, 0.29) is 41.7 Å². The molecule has 1 aromatic carbocycles. The zero-order valence-electron chi connectivity index (χ0n) is 20.9. The summed E-state index contributed by atoms with van der Waals surface area (Å²) in [5, 5.41) is 24.0. The van der Waals surface area contributed by atoms with Crippen LogP contribution in [0.5, 0.6) is 0 Å². The van der Waals surface area contributed by atoms with Crippen LogP contribution < -0.4 is 10.6 Å². The number of aliphatic hydroxyl groups is 1. The predicted molar refractivity (Wildman–Crippen MR) is 138 cm³/mol. The largest absolute Gasteiger partial charge is 0.477 e. The van der Waals surface area contributed by atoms with Gasteiger partial charge in [0.1, 0.15) is 11.4 Å². The number of hydrogen-bond acceptors (Lipinski definition) is 6. The van der Waals surface area contributed by atoms with Gasteiger partial charge in [0.05, 0.1) is 12.3 Å². The summed E-state index contributed by atoms with van der Waals surface area (Å²) in [5.74, 6) is -0.246. The van der Waals surface area contributed by atoms with E-state index < -0.39 is 5.97 Å². The van der Waals surface area contributed by atoms with Crippen molar-refractivity contribution in [1.82, 2.24) is 14.8 Å². The Morgan fingerprint density at radius 2 is 1.81 bits per heavy atom. The fourth-order valence-corrected chi connectivity index (χ4v) is 4.75. The molecular formula is C27H33N5O4. The van der Waals surface area contributed by atoms with E-state index in [9.17, 15) is 19.8 Å². The molecule has 4 N–H and O–H groups in total. The molecule has 36 heavy (non-hydrogen) atoms. The van der Waals surface area contributed by atoms with Gasteiger partial charge in [-0.25, -0.2) is 14.5 Å². The smallest absolute Gasteiger partial charge is 0.341 e. The molecule has 4 rings (SSSR count). The van der Waals surface area contributed by atoms with Crippen LogP contribution in [0.3, 0.4) is 0 Å². The predicted octanol–water partition coefficient (Wildman–Crippen LogP) is 4.27. The Balaban J connectivity index is 1.66. The van der Waals surface area contributed by atoms with Crippen molar-refractivity contribution in [2.24, 2.45) is 11.8 Å². The van der Waals surface area contributed by atoms with Gasteiger partial charge in [-0.05, 0) is 69.2 Å². The van der Waals surface area contributed by atoms with Gasteiger partial charge in [0.25, 0.3) is 0 Å². The molecule has 9 heteroatoms. The number of rotatable bonds is 7. The summed E-state index contributed by atoms with van der Waals surface area (Å²) < 4.78 is 1.49. The first kappa shape index (κ1) is 25.4. The lowest BCUT2D eigenvalue weighted by atomic mass is 9.82. The second-order valence-corrected chi connectivity index (χ2v) is 9.85. The molecule has 0 aliphatic heterocycles. The molecule has 0 radical (unpaired) electrons. The third-order valence-electron chi connectivity index (χ3n) is 6.91. The summed E-state index contributed by atoms with van der Waals surface area (Å²) in [4.78, 5) is 31.3. The minimum absolute atomic E-state index is 0.0133. The molecule has 1 saturated carbocycles. The molecule has 0 bridgehead atoms. The molecule has 1 fully saturated rings. The van der Waals surface area contributed by atoms with E-state index in [0.29, 0.717) is 17.2 Å². The van der Waals surface area contributed by atoms with Crippen molar-refractivity contribution in [1.29, 1.82) is 0 Å². The third kappa shape index (κ3) is 5.11. The lowest BCUT2D eigenvalue weighted by Gasteiger charge is -2.32. The number of aliphatic hydroxyl groups excluding tert-OH is 1. The number of hydrogen-bond donors (Lipinski definition) is 3. The van der Waals surface area contributed by atoms with Gasteiger partial charge in [-0.3, -0.25) is 9.69 Å². The molecule has 1 amide bonds. The van der Waals surface area contributed by atoms with Gasteiger partial charge in [-0.15, -0.1) is 5.10 Å². The van der Waals surface area contributed by atoms with Crippen molar-refractivity contribution in [3.63, 3.8) is 0 Å². The minimum Gasteiger partial charge on any atom is -0.477 e. The van der Waals surface area contributed by atoms with Crippen LogP contribution in [0.4, 0.5) is 11.6 Å². The van der Waals surface area contributed by atoms with Gasteiger partial charge in [0, 0.05) is 35.5 Å². The Bertz CT molecular complexity index is 1240. The van der Waals surface area contributed by atoms with Crippen molar-refractivity contribution < 1.29 is 19.8 Å². The molecule has 0 saturated heterocycles. The summed E-state index contributed by atoms with van der Waals surface area (Å²) in [6, 6.07) is 8.90. The Morgan fingerprint density at radius 3 is 2.39 bits per heavy atom. The van der Waals surface area contributed by atoms with Crippen LogP contribution in [0.25, 0.3) is 16.8 Å². The van der Waals surface area contributed by atoms with Gasteiger partial charge in [0.15, 0.2) is 5.82 Å². The first-order valence-corrected chi connectivity index (χ1v) is 12.3. The number of aromatic nitrogens is 3. The Kier molecular flexibility index (Phi) is 7.40. The lowest BCUT2D eigenvalue weighted by molar-refractivity contribution is -0.124. The number of carboxylic acids is 1. The maximum Gasteiger partial charge on any atom is 0.341 e. The zero-order valence-corrected chi connectivity index (χ0v) is 20.9. The first-order chi connectivity index (χ1) is 17.2. The van der Waals surface area contributed by atoms with Crippen LogP contribution in [-0.2, 0) is 11.4 Å². The third-order valence-corrected chi connectivity index (χ3v) is 6.91. The summed E-state index contributed by atoms with van der Waals surface area (Å²) in [6.07, 6.45) is 6.71. The molecule has 3 aromatic rings. The molecule has 1 aliphatic carbocycles. The number of amides is 1. The quantitative estimate of drug-likeness (QED) is 0.449. The van der Waals surface area contributed by atoms with Gasteiger partial charge in [-0.2, -0.15) is 0 Å². The van der Waals surface area contributed by atoms with E-state index in [1.807, 2.05) is 38.1 Å². The van der Waals surface area contributed by atoms with Gasteiger partial charge in [0.2, 0.25) is 5.91 Å². The highest BCUT2D eigenvalue weighted by Gasteiger charge is 2.34. The van der Waals surface area contributed by atoms with Crippen LogP contribution in [0.1, 0.15) is 62.4 Å². The van der Waals surface area contributed by atoms with E-state index in [0.717, 1.165) is 36.8 Å². The number of nitrogen functional groups attached to an aromatic ring is 1. The number of anilines is 2. The second kappa shape index (κ2) is 10.5. The fraction of sp³-hybridized carbons (Fsp3) is 0.407. The summed E-state index contributed by atoms with van der Waals surface area (Å²) >= 11 is 0. The Hall–Kier alpha value is -3.72. The number of carboxylic acid groups (broad SMARTS) is 1. The minimum atomic E-state index is -1.13. The molecule has 2 heterocycles. The normalized spacial score (nSPS) is 17.8. The van der Waals surface area contributed by atoms with E-state index >= 15 is 0 Å².